The van der Waals surface area contributed by atoms with E-state index in [0.29, 0.717) is 16.6 Å². The van der Waals surface area contributed by atoms with Crippen LogP contribution in [0.2, 0.25) is 0 Å². The summed E-state index contributed by atoms with van der Waals surface area (Å²) in [5.74, 6) is -0.579. The van der Waals surface area contributed by atoms with Gasteiger partial charge in [0.1, 0.15) is 5.82 Å². The molecule has 2 unspecified atom stereocenters. The number of carbonyl (C=O) groups excluding carboxylic acids is 1. The monoisotopic (exact) mass is 300 g/mol. The fraction of sp³-hybridized carbons (Fsp3) is 0.417. The SMILES string of the molecule is CC1C(N)CCN1C(=O)c1cc(F)cc(Br)c1. The summed E-state index contributed by atoms with van der Waals surface area (Å²) >= 11 is 3.18. The number of hydrogen-bond acceptors (Lipinski definition) is 2. The zero-order valence-electron chi connectivity index (χ0n) is 9.49. The molecule has 0 spiro atoms. The van der Waals surface area contributed by atoms with E-state index in [9.17, 15) is 9.18 Å². The zero-order chi connectivity index (χ0) is 12.6. The molecule has 5 heteroatoms. The fourth-order valence-electron chi connectivity index (χ4n) is 2.09. The molecule has 1 aliphatic heterocycles. The highest BCUT2D eigenvalue weighted by molar-refractivity contribution is 9.10. The van der Waals surface area contributed by atoms with Gasteiger partial charge < -0.3 is 10.6 Å². The van der Waals surface area contributed by atoms with E-state index in [1.165, 1.54) is 12.1 Å². The zero-order valence-corrected chi connectivity index (χ0v) is 11.1. The summed E-state index contributed by atoms with van der Waals surface area (Å²) in [5, 5.41) is 0. The number of likely N-dealkylation sites (tertiary alicyclic amines) is 1. The molecule has 0 aliphatic carbocycles. The first-order valence-corrected chi connectivity index (χ1v) is 6.31. The number of carbonyl (C=O) groups is 1. The normalized spacial score (nSPS) is 24.1. The van der Waals surface area contributed by atoms with Crippen LogP contribution < -0.4 is 5.73 Å². The van der Waals surface area contributed by atoms with Crippen LogP contribution in [0.25, 0.3) is 0 Å². The highest BCUT2D eigenvalue weighted by Crippen LogP contribution is 2.21. The molecular weight excluding hydrogens is 287 g/mol. The van der Waals surface area contributed by atoms with Crippen molar-refractivity contribution in [3.63, 3.8) is 0 Å². The maximum Gasteiger partial charge on any atom is 0.254 e. The summed E-state index contributed by atoms with van der Waals surface area (Å²) in [6.45, 7) is 2.55. The molecule has 1 aromatic rings. The van der Waals surface area contributed by atoms with Gasteiger partial charge in [0.25, 0.3) is 5.91 Å². The smallest absolute Gasteiger partial charge is 0.254 e. The summed E-state index contributed by atoms with van der Waals surface area (Å²) in [5.41, 5.74) is 6.23. The van der Waals surface area contributed by atoms with E-state index < -0.39 is 5.82 Å². The Balaban J connectivity index is 2.25. The molecule has 17 heavy (non-hydrogen) atoms. The molecule has 2 atom stereocenters. The largest absolute Gasteiger partial charge is 0.334 e. The molecule has 1 aromatic carbocycles. The first-order chi connectivity index (χ1) is 7.99. The maximum atomic E-state index is 13.2. The Hall–Kier alpha value is -0.940. The molecule has 0 aromatic heterocycles. The third kappa shape index (κ3) is 2.50. The summed E-state index contributed by atoms with van der Waals surface area (Å²) in [7, 11) is 0. The van der Waals surface area contributed by atoms with Crippen molar-refractivity contribution >= 4 is 21.8 Å². The molecule has 1 heterocycles. The average Bonchev–Trinajstić information content (AvgIpc) is 2.57. The van der Waals surface area contributed by atoms with Gasteiger partial charge in [-0.2, -0.15) is 0 Å². The Labute approximate surface area is 108 Å². The van der Waals surface area contributed by atoms with Crippen molar-refractivity contribution in [1.29, 1.82) is 0 Å². The second-order valence-electron chi connectivity index (χ2n) is 4.35. The highest BCUT2D eigenvalue weighted by atomic mass is 79.9. The molecule has 1 amide bonds. The van der Waals surface area contributed by atoms with Crippen molar-refractivity contribution in [2.24, 2.45) is 5.73 Å². The van der Waals surface area contributed by atoms with Gasteiger partial charge in [0, 0.05) is 28.7 Å². The summed E-state index contributed by atoms with van der Waals surface area (Å²) < 4.78 is 13.8. The van der Waals surface area contributed by atoms with Crippen molar-refractivity contribution in [2.75, 3.05) is 6.54 Å². The molecule has 0 bridgehead atoms. The minimum atomic E-state index is -0.418. The van der Waals surface area contributed by atoms with Gasteiger partial charge in [-0.05, 0) is 31.5 Å². The molecular formula is C12H14BrFN2O. The molecule has 1 aliphatic rings. The molecule has 0 radical (unpaired) electrons. The molecule has 0 saturated carbocycles. The third-order valence-electron chi connectivity index (χ3n) is 3.18. The standard InChI is InChI=1S/C12H14BrFN2O/c1-7-11(15)2-3-16(7)12(17)8-4-9(13)6-10(14)5-8/h4-7,11H,2-3,15H2,1H3. The Morgan fingerprint density at radius 1 is 1.53 bits per heavy atom. The van der Waals surface area contributed by atoms with E-state index in [4.69, 9.17) is 5.73 Å². The highest BCUT2D eigenvalue weighted by Gasteiger charge is 2.32. The van der Waals surface area contributed by atoms with Crippen molar-refractivity contribution < 1.29 is 9.18 Å². The first kappa shape index (κ1) is 12.5. The lowest BCUT2D eigenvalue weighted by Crippen LogP contribution is -2.40. The number of nitrogens with zero attached hydrogens (tertiary/aromatic N) is 1. The van der Waals surface area contributed by atoms with E-state index >= 15 is 0 Å². The van der Waals surface area contributed by atoms with Crippen LogP contribution in [0.15, 0.2) is 22.7 Å². The van der Waals surface area contributed by atoms with Gasteiger partial charge in [0.15, 0.2) is 0 Å². The van der Waals surface area contributed by atoms with Crippen LogP contribution >= 0.6 is 15.9 Å². The number of hydrogen-bond donors (Lipinski definition) is 1. The maximum absolute atomic E-state index is 13.2. The van der Waals surface area contributed by atoms with Crippen LogP contribution in [0, 0.1) is 5.82 Å². The van der Waals surface area contributed by atoms with Crippen LogP contribution in [0.3, 0.4) is 0 Å². The van der Waals surface area contributed by atoms with Gasteiger partial charge in [0.2, 0.25) is 0 Å². The number of rotatable bonds is 1. The van der Waals surface area contributed by atoms with E-state index in [1.54, 1.807) is 11.0 Å². The van der Waals surface area contributed by atoms with E-state index in [0.717, 1.165) is 6.42 Å². The number of nitrogens with two attached hydrogens (primary N) is 1. The van der Waals surface area contributed by atoms with Gasteiger partial charge in [0.05, 0.1) is 0 Å². The van der Waals surface area contributed by atoms with Crippen LogP contribution in [0.5, 0.6) is 0 Å². The number of benzene rings is 1. The Morgan fingerprint density at radius 3 is 2.76 bits per heavy atom. The third-order valence-corrected chi connectivity index (χ3v) is 3.64. The van der Waals surface area contributed by atoms with Crippen LogP contribution in [0.4, 0.5) is 4.39 Å². The first-order valence-electron chi connectivity index (χ1n) is 5.51. The van der Waals surface area contributed by atoms with Gasteiger partial charge >= 0.3 is 0 Å². The van der Waals surface area contributed by atoms with Crippen LogP contribution in [-0.2, 0) is 0 Å². The summed E-state index contributed by atoms with van der Waals surface area (Å²) in [4.78, 5) is 13.9. The Bertz CT molecular complexity index is 432. The molecule has 1 saturated heterocycles. The van der Waals surface area contributed by atoms with Crippen LogP contribution in [0.1, 0.15) is 23.7 Å². The van der Waals surface area contributed by atoms with Crippen LogP contribution in [-0.4, -0.2) is 29.4 Å². The Morgan fingerprint density at radius 2 is 2.24 bits per heavy atom. The van der Waals surface area contributed by atoms with Gasteiger partial charge in [-0.1, -0.05) is 15.9 Å². The summed E-state index contributed by atoms with van der Waals surface area (Å²) in [6, 6.07) is 4.22. The number of amides is 1. The lowest BCUT2D eigenvalue weighted by Gasteiger charge is -2.23. The van der Waals surface area contributed by atoms with Gasteiger partial charge in [-0.15, -0.1) is 0 Å². The molecule has 92 valence electrons. The minimum absolute atomic E-state index is 0.00421. The Kier molecular flexibility index (Phi) is 3.49. The molecule has 3 nitrogen and oxygen atoms in total. The van der Waals surface area contributed by atoms with E-state index in [2.05, 4.69) is 15.9 Å². The van der Waals surface area contributed by atoms with Crippen molar-refractivity contribution in [1.82, 2.24) is 4.90 Å². The van der Waals surface area contributed by atoms with Gasteiger partial charge in [-0.25, -0.2) is 4.39 Å². The van der Waals surface area contributed by atoms with E-state index in [-0.39, 0.29) is 18.0 Å². The molecule has 2 N–H and O–H groups in total. The lowest BCUT2D eigenvalue weighted by molar-refractivity contribution is 0.0742. The quantitative estimate of drug-likeness (QED) is 0.864. The van der Waals surface area contributed by atoms with Crippen molar-refractivity contribution in [3.05, 3.63) is 34.1 Å². The second-order valence-corrected chi connectivity index (χ2v) is 5.27. The van der Waals surface area contributed by atoms with E-state index in [1.807, 2.05) is 6.92 Å². The fourth-order valence-corrected chi connectivity index (χ4v) is 2.56. The van der Waals surface area contributed by atoms with Gasteiger partial charge in [-0.3, -0.25) is 4.79 Å². The lowest BCUT2D eigenvalue weighted by atomic mass is 10.1. The van der Waals surface area contributed by atoms with Crippen molar-refractivity contribution in [3.8, 4) is 0 Å². The average molecular weight is 301 g/mol. The second kappa shape index (κ2) is 4.74. The van der Waals surface area contributed by atoms with Crippen molar-refractivity contribution in [2.45, 2.75) is 25.4 Å². The number of halogens is 2. The predicted octanol–water partition coefficient (Wildman–Crippen LogP) is 2.15. The molecule has 1 fully saturated rings. The summed E-state index contributed by atoms with van der Waals surface area (Å²) in [6.07, 6.45) is 0.795. The topological polar surface area (TPSA) is 46.3 Å². The predicted molar refractivity (Wildman–Crippen MR) is 67.2 cm³/mol. The minimum Gasteiger partial charge on any atom is -0.334 e. The molecule has 2 rings (SSSR count).